The SMILES string of the molecule is CCC(C)N(CCCCCCN(c1nc(NC(C)(C)CC(C)(C)C)nc(C(C)(CC)N(CCCCCCNC2CC(C)(C)NC(C)(C)C2)C2CC(C)(C)NC(C)(C)C2)n1)C1CC(C)(C)NC(C)(C)C1)C1CC(C)(C)NC(C)(C)C1. The van der Waals surface area contributed by atoms with Gasteiger partial charge in [0.2, 0.25) is 11.9 Å². The second kappa shape index (κ2) is 25.9. The van der Waals surface area contributed by atoms with Crippen LogP contribution in [0.25, 0.3) is 0 Å². The van der Waals surface area contributed by atoms with Gasteiger partial charge in [0, 0.05) is 86.6 Å². The Bertz CT molecular complexity index is 1980. The van der Waals surface area contributed by atoms with Crippen LogP contribution in [0.1, 0.15) is 301 Å². The first-order valence-electron chi connectivity index (χ1n) is 32.7. The standard InChI is InChI=1S/C67H132N12/c1-26-49(3)77(51-42-60(11,12)74-61(13,14)43-51)37-33-30-31-34-38-78(52-44-62(15,16)75-63(17,18)45-52)56-70-54(69-55(71-56)72-66(23,24)48-57(4,5)6)67(25,27-2)79(53-46-64(19,20)76-65(21,22)47-53)39-35-29-28-32-36-68-50-40-58(7,8)73-59(9,10)41-50/h49-53,68,73-76H,26-48H2,1-25H3,(H,69,70,71,72). The first-order valence-corrected chi connectivity index (χ1v) is 32.7. The molecule has 4 saturated heterocycles. The monoisotopic (exact) mass is 1110 g/mol. The van der Waals surface area contributed by atoms with Crippen LogP contribution in [0.2, 0.25) is 0 Å². The van der Waals surface area contributed by atoms with Gasteiger partial charge >= 0.3 is 0 Å². The predicted octanol–water partition coefficient (Wildman–Crippen LogP) is 14.3. The lowest BCUT2D eigenvalue weighted by Crippen LogP contribution is -2.64. The molecule has 0 saturated carbocycles. The summed E-state index contributed by atoms with van der Waals surface area (Å²) in [6.07, 6.45) is 21.6. The van der Waals surface area contributed by atoms with Crippen molar-refractivity contribution in [3.63, 3.8) is 0 Å². The zero-order valence-corrected chi connectivity index (χ0v) is 56.8. The van der Waals surface area contributed by atoms with Crippen molar-refractivity contribution in [1.82, 2.24) is 51.3 Å². The van der Waals surface area contributed by atoms with Crippen LogP contribution in [-0.2, 0) is 5.54 Å². The molecule has 12 heteroatoms. The van der Waals surface area contributed by atoms with E-state index in [1.165, 1.54) is 77.2 Å². The summed E-state index contributed by atoms with van der Waals surface area (Å²) in [5, 5.41) is 23.9. The number of hydrogen-bond acceptors (Lipinski definition) is 12. The largest absolute Gasteiger partial charge is 0.349 e. The third kappa shape index (κ3) is 21.1. The van der Waals surface area contributed by atoms with Gasteiger partial charge in [0.1, 0.15) is 0 Å². The molecule has 6 N–H and O–H groups in total. The minimum absolute atomic E-state index is 0.00411. The van der Waals surface area contributed by atoms with E-state index in [9.17, 15) is 0 Å². The Morgan fingerprint density at radius 3 is 1.38 bits per heavy atom. The van der Waals surface area contributed by atoms with Crippen molar-refractivity contribution in [2.45, 2.75) is 381 Å². The van der Waals surface area contributed by atoms with Gasteiger partial charge in [0.05, 0.1) is 5.54 Å². The molecule has 4 fully saturated rings. The van der Waals surface area contributed by atoms with Gasteiger partial charge in [-0.3, -0.25) is 9.80 Å². The van der Waals surface area contributed by atoms with Crippen molar-refractivity contribution in [2.24, 2.45) is 5.41 Å². The molecule has 4 aliphatic heterocycles. The Morgan fingerprint density at radius 2 is 0.924 bits per heavy atom. The molecule has 0 bridgehead atoms. The summed E-state index contributed by atoms with van der Waals surface area (Å²) in [6.45, 7) is 63.9. The molecule has 460 valence electrons. The molecule has 0 radical (unpaired) electrons. The first-order chi connectivity index (χ1) is 36.0. The van der Waals surface area contributed by atoms with Crippen molar-refractivity contribution in [2.75, 3.05) is 36.4 Å². The average Bonchev–Trinajstić information content (AvgIpc) is 3.23. The van der Waals surface area contributed by atoms with Gasteiger partial charge in [-0.1, -0.05) is 60.3 Å². The van der Waals surface area contributed by atoms with Crippen LogP contribution in [-0.4, -0.2) is 131 Å². The first kappa shape index (κ1) is 68.1. The average molecular weight is 1110 g/mol. The predicted molar refractivity (Wildman–Crippen MR) is 342 cm³/mol. The highest BCUT2D eigenvalue weighted by atomic mass is 15.4. The van der Waals surface area contributed by atoms with Crippen LogP contribution in [0.3, 0.4) is 0 Å². The second-order valence-electron chi connectivity index (χ2n) is 34.2. The molecular weight excluding hydrogens is 973 g/mol. The number of piperidine rings is 4. The van der Waals surface area contributed by atoms with Crippen molar-refractivity contribution < 1.29 is 0 Å². The van der Waals surface area contributed by atoms with Crippen LogP contribution in [0.4, 0.5) is 11.9 Å². The van der Waals surface area contributed by atoms with Crippen LogP contribution >= 0.6 is 0 Å². The quantitative estimate of drug-likeness (QED) is 0.0471. The topological polar surface area (TPSA) is 121 Å². The molecule has 0 aromatic carbocycles. The molecule has 5 rings (SSSR count). The van der Waals surface area contributed by atoms with Crippen molar-refractivity contribution in [3.8, 4) is 0 Å². The van der Waals surface area contributed by atoms with Gasteiger partial charge in [-0.2, -0.15) is 15.0 Å². The maximum absolute atomic E-state index is 5.88. The van der Waals surface area contributed by atoms with Gasteiger partial charge in [0.15, 0.2) is 5.82 Å². The summed E-state index contributed by atoms with van der Waals surface area (Å²) in [5.74, 6) is 2.50. The molecule has 0 spiro atoms. The molecule has 1 aromatic rings. The Balaban J connectivity index is 1.48. The Hall–Kier alpha value is -1.67. The van der Waals surface area contributed by atoms with Crippen molar-refractivity contribution in [1.29, 1.82) is 0 Å². The van der Waals surface area contributed by atoms with Crippen LogP contribution in [0.5, 0.6) is 0 Å². The number of aromatic nitrogens is 3. The lowest BCUT2D eigenvalue weighted by molar-refractivity contribution is -0.0133. The second-order valence-corrected chi connectivity index (χ2v) is 34.2. The number of hydrogen-bond donors (Lipinski definition) is 6. The van der Waals surface area contributed by atoms with Crippen LogP contribution in [0.15, 0.2) is 0 Å². The van der Waals surface area contributed by atoms with E-state index in [1.807, 2.05) is 0 Å². The fraction of sp³-hybridized carbons (Fsp3) is 0.955. The lowest BCUT2D eigenvalue weighted by Gasteiger charge is -2.54. The van der Waals surface area contributed by atoms with E-state index < -0.39 is 5.54 Å². The van der Waals surface area contributed by atoms with E-state index in [0.717, 1.165) is 88.7 Å². The van der Waals surface area contributed by atoms with Gasteiger partial charge in [-0.15, -0.1) is 0 Å². The molecule has 0 amide bonds. The number of nitrogens with one attached hydrogen (secondary N) is 6. The molecule has 1 aromatic heterocycles. The highest BCUT2D eigenvalue weighted by molar-refractivity contribution is 5.42. The summed E-state index contributed by atoms with van der Waals surface area (Å²) in [5.41, 5.74) is -0.0194. The van der Waals surface area contributed by atoms with Gasteiger partial charge in [0.25, 0.3) is 0 Å². The Kier molecular flexibility index (Phi) is 22.3. The van der Waals surface area contributed by atoms with E-state index in [1.54, 1.807) is 0 Å². The maximum Gasteiger partial charge on any atom is 0.230 e. The fourth-order valence-electron chi connectivity index (χ4n) is 17.2. The third-order valence-corrected chi connectivity index (χ3v) is 18.6. The number of rotatable bonds is 27. The van der Waals surface area contributed by atoms with Gasteiger partial charge in [-0.05, 0) is 260 Å². The summed E-state index contributed by atoms with van der Waals surface area (Å²) >= 11 is 0. The van der Waals surface area contributed by atoms with Gasteiger partial charge < -0.3 is 36.8 Å². The molecule has 4 aliphatic rings. The minimum atomic E-state index is -0.425. The normalized spacial score (nSPS) is 24.6. The molecular formula is C67H132N12. The summed E-state index contributed by atoms with van der Waals surface area (Å²) in [7, 11) is 0. The summed E-state index contributed by atoms with van der Waals surface area (Å²) < 4.78 is 0. The molecule has 0 aliphatic carbocycles. The van der Waals surface area contributed by atoms with E-state index in [0.29, 0.717) is 24.2 Å². The minimum Gasteiger partial charge on any atom is -0.349 e. The number of nitrogens with zero attached hydrogens (tertiary/aromatic N) is 6. The molecule has 5 heterocycles. The van der Waals surface area contributed by atoms with Gasteiger partial charge in [-0.25, -0.2) is 0 Å². The van der Waals surface area contributed by atoms with E-state index in [4.69, 9.17) is 15.0 Å². The molecule has 2 unspecified atom stereocenters. The third-order valence-electron chi connectivity index (χ3n) is 18.6. The van der Waals surface area contributed by atoms with E-state index >= 15 is 0 Å². The van der Waals surface area contributed by atoms with Crippen LogP contribution in [0, 0.1) is 5.41 Å². The fourth-order valence-corrected chi connectivity index (χ4v) is 17.2. The molecule has 12 nitrogen and oxygen atoms in total. The molecule has 79 heavy (non-hydrogen) atoms. The zero-order chi connectivity index (χ0) is 59.5. The highest BCUT2D eigenvalue weighted by Gasteiger charge is 2.48. The lowest BCUT2D eigenvalue weighted by atomic mass is 9.77. The number of unbranched alkanes of at least 4 members (excludes halogenated alkanes) is 6. The Morgan fingerprint density at radius 1 is 0.506 bits per heavy atom. The smallest absolute Gasteiger partial charge is 0.230 e. The van der Waals surface area contributed by atoms with E-state index in [2.05, 4.69) is 220 Å². The molecule has 2 atom stereocenters. The van der Waals surface area contributed by atoms with Crippen molar-refractivity contribution in [3.05, 3.63) is 5.82 Å². The summed E-state index contributed by atoms with van der Waals surface area (Å²) in [6, 6.07) is 2.40. The van der Waals surface area contributed by atoms with E-state index in [-0.39, 0.29) is 61.3 Å². The van der Waals surface area contributed by atoms with Crippen molar-refractivity contribution >= 4 is 11.9 Å². The highest BCUT2D eigenvalue weighted by Crippen LogP contribution is 2.42. The zero-order valence-electron chi connectivity index (χ0n) is 56.8. The van der Waals surface area contributed by atoms with Crippen LogP contribution < -0.4 is 36.8 Å². The number of anilines is 2. The summed E-state index contributed by atoms with van der Waals surface area (Å²) in [4.78, 5) is 25.6. The maximum atomic E-state index is 5.88. The Labute approximate surface area is 489 Å².